The zero-order valence-corrected chi connectivity index (χ0v) is 13.8. The summed E-state index contributed by atoms with van der Waals surface area (Å²) in [5, 5.41) is 2.71. The summed E-state index contributed by atoms with van der Waals surface area (Å²) in [6.45, 7) is 3.95. The van der Waals surface area contributed by atoms with Crippen LogP contribution in [-0.4, -0.2) is 54.0 Å². The fourth-order valence-electron chi connectivity index (χ4n) is 2.17. The van der Waals surface area contributed by atoms with Crippen molar-refractivity contribution in [3.8, 4) is 0 Å². The van der Waals surface area contributed by atoms with Gasteiger partial charge in [0.1, 0.15) is 6.04 Å². The summed E-state index contributed by atoms with van der Waals surface area (Å²) < 4.78 is 5.49. The number of nitrogens with zero attached hydrogens (tertiary/aromatic N) is 1. The highest BCUT2D eigenvalue weighted by atomic mass is 79.9. The second kappa shape index (κ2) is 7.55. The van der Waals surface area contributed by atoms with Gasteiger partial charge in [-0.05, 0) is 28.4 Å². The van der Waals surface area contributed by atoms with Gasteiger partial charge in [-0.25, -0.2) is 0 Å². The predicted molar refractivity (Wildman–Crippen MR) is 83.7 cm³/mol. The minimum Gasteiger partial charge on any atom is -0.378 e. The number of carbonyl (C=O) groups is 2. The molecule has 0 radical (unpaired) electrons. The van der Waals surface area contributed by atoms with Crippen LogP contribution in [0.25, 0.3) is 0 Å². The van der Waals surface area contributed by atoms with Crippen molar-refractivity contribution >= 4 is 27.7 Å². The predicted octanol–water partition coefficient (Wildman–Crippen LogP) is 0.505. The number of ether oxygens (including phenoxy) is 1. The van der Waals surface area contributed by atoms with Crippen LogP contribution in [0.3, 0.4) is 0 Å². The van der Waals surface area contributed by atoms with Gasteiger partial charge in [-0.15, -0.1) is 0 Å². The summed E-state index contributed by atoms with van der Waals surface area (Å²) in [6, 6.07) is 0.844. The number of morpholine rings is 1. The van der Waals surface area contributed by atoms with Crippen molar-refractivity contribution in [2.45, 2.75) is 19.4 Å². The molecule has 8 heteroatoms. The second-order valence-electron chi connectivity index (χ2n) is 4.94. The van der Waals surface area contributed by atoms with Gasteiger partial charge in [-0.2, -0.15) is 0 Å². The summed E-state index contributed by atoms with van der Waals surface area (Å²) in [5.74, 6) is -0.506. The Hall–Kier alpha value is -1.67. The smallest absolute Gasteiger partial charge is 0.262 e. The summed E-state index contributed by atoms with van der Waals surface area (Å²) in [5.41, 5.74) is -0.0207. The SMILES string of the molecule is CCC(NC(=O)c1c[nH]c(=O)c(Br)c1)C(=O)N1CCOCC1. The molecule has 1 aromatic heterocycles. The van der Waals surface area contributed by atoms with E-state index in [2.05, 4.69) is 26.2 Å². The second-order valence-corrected chi connectivity index (χ2v) is 5.79. The van der Waals surface area contributed by atoms with Crippen molar-refractivity contribution < 1.29 is 14.3 Å². The normalized spacial score (nSPS) is 16.2. The van der Waals surface area contributed by atoms with E-state index < -0.39 is 11.9 Å². The molecule has 0 spiro atoms. The number of hydrogen-bond acceptors (Lipinski definition) is 4. The van der Waals surface area contributed by atoms with E-state index >= 15 is 0 Å². The molecule has 120 valence electrons. The van der Waals surface area contributed by atoms with Gasteiger partial charge in [0.05, 0.1) is 23.2 Å². The molecule has 1 saturated heterocycles. The number of H-pyrrole nitrogens is 1. The van der Waals surface area contributed by atoms with Crippen LogP contribution in [0.15, 0.2) is 21.5 Å². The van der Waals surface area contributed by atoms with E-state index in [9.17, 15) is 14.4 Å². The van der Waals surface area contributed by atoms with Crippen molar-refractivity contribution in [2.75, 3.05) is 26.3 Å². The van der Waals surface area contributed by atoms with Gasteiger partial charge < -0.3 is 19.9 Å². The maximum atomic E-state index is 12.4. The number of hydrogen-bond donors (Lipinski definition) is 2. The summed E-state index contributed by atoms with van der Waals surface area (Å²) in [6.07, 6.45) is 1.82. The lowest BCUT2D eigenvalue weighted by atomic mass is 10.1. The Morgan fingerprint density at radius 1 is 1.45 bits per heavy atom. The first kappa shape index (κ1) is 16.7. The number of aromatic nitrogens is 1. The number of amides is 2. The zero-order valence-electron chi connectivity index (χ0n) is 12.2. The van der Waals surface area contributed by atoms with Gasteiger partial charge in [-0.3, -0.25) is 14.4 Å². The van der Waals surface area contributed by atoms with Crippen molar-refractivity contribution in [1.29, 1.82) is 0 Å². The highest BCUT2D eigenvalue weighted by Crippen LogP contribution is 2.08. The van der Waals surface area contributed by atoms with Crippen molar-refractivity contribution in [2.24, 2.45) is 0 Å². The first-order valence-corrected chi connectivity index (χ1v) is 7.88. The molecule has 7 nitrogen and oxygen atoms in total. The summed E-state index contributed by atoms with van der Waals surface area (Å²) in [7, 11) is 0. The number of carbonyl (C=O) groups excluding carboxylic acids is 2. The molecule has 2 rings (SSSR count). The Bertz CT molecular complexity index is 610. The van der Waals surface area contributed by atoms with E-state index in [-0.39, 0.29) is 15.9 Å². The van der Waals surface area contributed by atoms with Gasteiger partial charge in [0.15, 0.2) is 0 Å². The third-order valence-electron chi connectivity index (χ3n) is 3.45. The maximum Gasteiger partial charge on any atom is 0.262 e. The Labute approximate surface area is 136 Å². The standard InChI is InChI=1S/C14H18BrN3O4/c1-2-11(14(21)18-3-5-22-6-4-18)17-12(19)9-7-10(15)13(20)16-8-9/h7-8,11H,2-6H2,1H3,(H,16,20)(H,17,19). The van der Waals surface area contributed by atoms with Gasteiger partial charge >= 0.3 is 0 Å². The average molecular weight is 372 g/mol. The minimum absolute atomic E-state index is 0.109. The summed E-state index contributed by atoms with van der Waals surface area (Å²) >= 11 is 3.08. The van der Waals surface area contributed by atoms with E-state index in [0.29, 0.717) is 38.3 Å². The van der Waals surface area contributed by atoms with Crippen LogP contribution in [0, 0.1) is 0 Å². The van der Waals surface area contributed by atoms with Crippen LogP contribution in [0.2, 0.25) is 0 Å². The molecule has 1 fully saturated rings. The molecule has 2 heterocycles. The lowest BCUT2D eigenvalue weighted by molar-refractivity contribution is -0.137. The van der Waals surface area contributed by atoms with Gasteiger partial charge in [0, 0.05) is 19.3 Å². The highest BCUT2D eigenvalue weighted by molar-refractivity contribution is 9.10. The molecule has 1 aromatic rings. The van der Waals surface area contributed by atoms with Crippen molar-refractivity contribution in [3.63, 3.8) is 0 Å². The van der Waals surface area contributed by atoms with Crippen LogP contribution in [0.4, 0.5) is 0 Å². The maximum absolute atomic E-state index is 12.4. The topological polar surface area (TPSA) is 91.5 Å². The Morgan fingerprint density at radius 3 is 2.73 bits per heavy atom. The number of halogens is 1. The Morgan fingerprint density at radius 2 is 2.14 bits per heavy atom. The fourth-order valence-corrected chi connectivity index (χ4v) is 2.53. The molecule has 0 bridgehead atoms. The highest BCUT2D eigenvalue weighted by Gasteiger charge is 2.26. The number of aromatic amines is 1. The molecule has 2 N–H and O–H groups in total. The fraction of sp³-hybridized carbons (Fsp3) is 0.500. The van der Waals surface area contributed by atoms with Gasteiger partial charge in [0.25, 0.3) is 11.5 Å². The molecule has 0 aliphatic carbocycles. The van der Waals surface area contributed by atoms with E-state index in [0.717, 1.165) is 0 Å². The first-order valence-electron chi connectivity index (χ1n) is 7.08. The molecule has 1 aliphatic heterocycles. The number of nitrogens with one attached hydrogen (secondary N) is 2. The molecule has 1 unspecified atom stereocenters. The quantitative estimate of drug-likeness (QED) is 0.806. The monoisotopic (exact) mass is 371 g/mol. The number of rotatable bonds is 4. The van der Waals surface area contributed by atoms with E-state index in [1.165, 1.54) is 12.3 Å². The minimum atomic E-state index is -0.587. The van der Waals surface area contributed by atoms with E-state index in [1.807, 2.05) is 6.92 Å². The largest absolute Gasteiger partial charge is 0.378 e. The molecule has 1 aliphatic rings. The number of pyridine rings is 1. The Kier molecular flexibility index (Phi) is 5.73. The zero-order chi connectivity index (χ0) is 16.1. The molecule has 22 heavy (non-hydrogen) atoms. The Balaban J connectivity index is 2.05. The van der Waals surface area contributed by atoms with Crippen LogP contribution in [0.1, 0.15) is 23.7 Å². The van der Waals surface area contributed by atoms with Gasteiger partial charge in [-0.1, -0.05) is 6.92 Å². The molecule has 0 saturated carbocycles. The molecular weight excluding hydrogens is 354 g/mol. The van der Waals surface area contributed by atoms with Crippen LogP contribution in [0.5, 0.6) is 0 Å². The van der Waals surface area contributed by atoms with Crippen molar-refractivity contribution in [1.82, 2.24) is 15.2 Å². The lowest BCUT2D eigenvalue weighted by Gasteiger charge is -2.30. The third kappa shape index (κ3) is 3.95. The van der Waals surface area contributed by atoms with Crippen LogP contribution < -0.4 is 10.9 Å². The lowest BCUT2D eigenvalue weighted by Crippen LogP contribution is -2.51. The van der Waals surface area contributed by atoms with Crippen LogP contribution >= 0.6 is 15.9 Å². The molecule has 1 atom stereocenters. The molecule has 0 aromatic carbocycles. The average Bonchev–Trinajstić information content (AvgIpc) is 2.55. The van der Waals surface area contributed by atoms with Crippen LogP contribution in [-0.2, 0) is 9.53 Å². The first-order chi connectivity index (χ1) is 10.5. The third-order valence-corrected chi connectivity index (χ3v) is 4.04. The summed E-state index contributed by atoms with van der Waals surface area (Å²) in [4.78, 5) is 40.1. The molecule has 2 amide bonds. The van der Waals surface area contributed by atoms with Crippen molar-refractivity contribution in [3.05, 3.63) is 32.7 Å². The van der Waals surface area contributed by atoms with E-state index in [4.69, 9.17) is 4.74 Å². The van der Waals surface area contributed by atoms with E-state index in [1.54, 1.807) is 4.90 Å². The van der Waals surface area contributed by atoms with Gasteiger partial charge in [0.2, 0.25) is 5.91 Å². The molecular formula is C14H18BrN3O4.